The molecule has 0 radical (unpaired) electrons. The van der Waals surface area contributed by atoms with Gasteiger partial charge in [0.1, 0.15) is 5.78 Å². The van der Waals surface area contributed by atoms with Crippen molar-refractivity contribution in [2.24, 2.45) is 17.8 Å². The van der Waals surface area contributed by atoms with Gasteiger partial charge in [0, 0.05) is 12.3 Å². The third kappa shape index (κ3) is 0.521. The maximum atomic E-state index is 11.0. The van der Waals surface area contributed by atoms with Crippen LogP contribution in [0.3, 0.4) is 0 Å². The van der Waals surface area contributed by atoms with E-state index in [1.165, 1.54) is 0 Å². The van der Waals surface area contributed by atoms with Crippen molar-refractivity contribution in [2.45, 2.75) is 13.3 Å². The topological polar surface area (TPSA) is 17.1 Å². The van der Waals surface area contributed by atoms with E-state index in [9.17, 15) is 4.79 Å². The maximum Gasteiger partial charge on any atom is 0.140 e. The van der Waals surface area contributed by atoms with E-state index in [4.69, 9.17) is 0 Å². The first-order valence-corrected chi connectivity index (χ1v) is 3.50. The quantitative estimate of drug-likeness (QED) is 0.444. The molecule has 2 aliphatic rings. The van der Waals surface area contributed by atoms with E-state index in [0.717, 1.165) is 6.42 Å². The van der Waals surface area contributed by atoms with Crippen molar-refractivity contribution in [3.63, 3.8) is 0 Å². The molecule has 0 saturated heterocycles. The number of hydrogen-bond donors (Lipinski definition) is 0. The van der Waals surface area contributed by atoms with Gasteiger partial charge < -0.3 is 0 Å². The highest BCUT2D eigenvalue weighted by Crippen LogP contribution is 2.41. The first-order valence-electron chi connectivity index (χ1n) is 3.50. The summed E-state index contributed by atoms with van der Waals surface area (Å²) in [5, 5.41) is 0. The molecule has 1 saturated carbocycles. The highest BCUT2D eigenvalue weighted by Gasteiger charge is 2.40. The molecular formula is C8H10O. The predicted octanol–water partition coefficient (Wildman–Crippen LogP) is 1.40. The van der Waals surface area contributed by atoms with Crippen LogP contribution in [0.5, 0.6) is 0 Å². The van der Waals surface area contributed by atoms with Gasteiger partial charge in [0.2, 0.25) is 0 Å². The third-order valence-corrected chi connectivity index (χ3v) is 2.62. The van der Waals surface area contributed by atoms with Gasteiger partial charge in [0.25, 0.3) is 0 Å². The second-order valence-corrected chi connectivity index (χ2v) is 3.10. The molecule has 2 aliphatic carbocycles. The van der Waals surface area contributed by atoms with Crippen LogP contribution in [-0.4, -0.2) is 5.78 Å². The van der Waals surface area contributed by atoms with Gasteiger partial charge >= 0.3 is 0 Å². The normalized spacial score (nSPS) is 46.8. The van der Waals surface area contributed by atoms with Crippen molar-refractivity contribution >= 4 is 5.78 Å². The van der Waals surface area contributed by atoms with Gasteiger partial charge in [-0.2, -0.15) is 0 Å². The molecule has 9 heavy (non-hydrogen) atoms. The zero-order valence-corrected chi connectivity index (χ0v) is 5.50. The Bertz CT molecular complexity index is 181. The van der Waals surface area contributed by atoms with E-state index >= 15 is 0 Å². The smallest absolute Gasteiger partial charge is 0.140 e. The molecule has 1 fully saturated rings. The molecule has 2 bridgehead atoms. The lowest BCUT2D eigenvalue weighted by molar-refractivity contribution is -0.120. The summed E-state index contributed by atoms with van der Waals surface area (Å²) in [6.45, 7) is 2.17. The molecule has 0 spiro atoms. The van der Waals surface area contributed by atoms with Gasteiger partial charge in [0.15, 0.2) is 0 Å². The van der Waals surface area contributed by atoms with Gasteiger partial charge in [-0.25, -0.2) is 0 Å². The van der Waals surface area contributed by atoms with Crippen molar-refractivity contribution in [3.05, 3.63) is 12.2 Å². The Kier molecular flexibility index (Phi) is 0.850. The Morgan fingerprint density at radius 2 is 2.33 bits per heavy atom. The summed E-state index contributed by atoms with van der Waals surface area (Å²) in [4.78, 5) is 11.0. The minimum absolute atomic E-state index is 0.287. The minimum atomic E-state index is 0.287. The van der Waals surface area contributed by atoms with Crippen molar-refractivity contribution in [1.29, 1.82) is 0 Å². The molecule has 0 aromatic heterocycles. The monoisotopic (exact) mass is 122 g/mol. The number of hydrogen-bond acceptors (Lipinski definition) is 1. The fourth-order valence-corrected chi connectivity index (χ4v) is 1.90. The van der Waals surface area contributed by atoms with E-state index in [-0.39, 0.29) is 5.92 Å². The number of Topliss-reactive ketones (excluding diaryl/α,β-unsaturated/α-hetero) is 1. The summed E-state index contributed by atoms with van der Waals surface area (Å²) in [5.41, 5.74) is 0. The van der Waals surface area contributed by atoms with Gasteiger partial charge in [-0.3, -0.25) is 4.79 Å². The lowest BCUT2D eigenvalue weighted by Gasteiger charge is -2.03. The molecule has 2 rings (SSSR count). The molecule has 0 aromatic carbocycles. The number of ketones is 1. The Morgan fingerprint density at radius 1 is 1.56 bits per heavy atom. The number of fused-ring (bicyclic) bond motifs is 2. The van der Waals surface area contributed by atoms with E-state index in [0.29, 0.717) is 17.6 Å². The standard InChI is InChI=1S/C8H10O/c1-5-6-2-3-7(5)8(9)4-6/h2-3,5-7H,4H2,1H3. The summed E-state index contributed by atoms with van der Waals surface area (Å²) < 4.78 is 0. The Labute approximate surface area is 54.8 Å². The van der Waals surface area contributed by atoms with Crippen LogP contribution >= 0.6 is 0 Å². The number of carbonyl (C=O) groups is 1. The first-order chi connectivity index (χ1) is 4.29. The molecule has 3 unspecified atom stereocenters. The first kappa shape index (κ1) is 5.21. The zero-order valence-electron chi connectivity index (χ0n) is 5.50. The Balaban J connectivity index is 2.35. The molecular weight excluding hydrogens is 112 g/mol. The second-order valence-electron chi connectivity index (χ2n) is 3.10. The van der Waals surface area contributed by atoms with E-state index in [2.05, 4.69) is 19.1 Å². The van der Waals surface area contributed by atoms with E-state index in [1.54, 1.807) is 0 Å². The van der Waals surface area contributed by atoms with Crippen molar-refractivity contribution in [2.75, 3.05) is 0 Å². The largest absolute Gasteiger partial charge is 0.299 e. The van der Waals surface area contributed by atoms with Crippen LogP contribution in [0.4, 0.5) is 0 Å². The third-order valence-electron chi connectivity index (χ3n) is 2.62. The second kappa shape index (κ2) is 1.47. The molecule has 1 nitrogen and oxygen atoms in total. The SMILES string of the molecule is CC1C2C=CC1C(=O)C2. The highest BCUT2D eigenvalue weighted by atomic mass is 16.1. The lowest BCUT2D eigenvalue weighted by Crippen LogP contribution is -2.06. The van der Waals surface area contributed by atoms with Gasteiger partial charge in [-0.15, -0.1) is 0 Å². The maximum absolute atomic E-state index is 11.0. The molecule has 48 valence electrons. The Hall–Kier alpha value is -0.590. The number of carbonyl (C=O) groups excluding carboxylic acids is 1. The number of allylic oxidation sites excluding steroid dienone is 2. The van der Waals surface area contributed by atoms with Gasteiger partial charge in [-0.1, -0.05) is 19.1 Å². The summed E-state index contributed by atoms with van der Waals surface area (Å²) in [6, 6.07) is 0. The fourth-order valence-electron chi connectivity index (χ4n) is 1.90. The summed E-state index contributed by atoms with van der Waals surface area (Å²) in [7, 11) is 0. The lowest BCUT2D eigenvalue weighted by atomic mass is 9.99. The zero-order chi connectivity index (χ0) is 6.43. The van der Waals surface area contributed by atoms with Crippen molar-refractivity contribution in [1.82, 2.24) is 0 Å². The average molecular weight is 122 g/mol. The van der Waals surface area contributed by atoms with Gasteiger partial charge in [0.05, 0.1) is 0 Å². The summed E-state index contributed by atoms with van der Waals surface area (Å²) in [6.07, 6.45) is 5.07. The van der Waals surface area contributed by atoms with Crippen LogP contribution < -0.4 is 0 Å². The molecule has 0 heterocycles. The number of rotatable bonds is 0. The van der Waals surface area contributed by atoms with Crippen LogP contribution in [-0.2, 0) is 4.79 Å². The molecule has 1 heteroatoms. The average Bonchev–Trinajstić information content (AvgIpc) is 2.25. The van der Waals surface area contributed by atoms with Crippen LogP contribution in [0.15, 0.2) is 12.2 Å². The Morgan fingerprint density at radius 3 is 2.56 bits per heavy atom. The summed E-state index contributed by atoms with van der Waals surface area (Å²) >= 11 is 0. The highest BCUT2D eigenvalue weighted by molar-refractivity contribution is 5.87. The molecule has 0 N–H and O–H groups in total. The van der Waals surface area contributed by atoms with Crippen LogP contribution in [0.2, 0.25) is 0 Å². The molecule has 0 amide bonds. The van der Waals surface area contributed by atoms with Gasteiger partial charge in [-0.05, 0) is 11.8 Å². The van der Waals surface area contributed by atoms with Crippen molar-refractivity contribution in [3.8, 4) is 0 Å². The predicted molar refractivity (Wildman–Crippen MR) is 34.9 cm³/mol. The minimum Gasteiger partial charge on any atom is -0.299 e. The fraction of sp³-hybridized carbons (Fsp3) is 0.625. The van der Waals surface area contributed by atoms with Crippen molar-refractivity contribution < 1.29 is 4.79 Å². The molecule has 0 aromatic rings. The summed E-state index contributed by atoms with van der Waals surface area (Å²) in [5.74, 6) is 1.94. The van der Waals surface area contributed by atoms with Crippen LogP contribution in [0.25, 0.3) is 0 Å². The van der Waals surface area contributed by atoms with E-state index in [1.807, 2.05) is 0 Å². The molecule has 0 aliphatic heterocycles. The molecule has 3 atom stereocenters. The van der Waals surface area contributed by atoms with E-state index < -0.39 is 0 Å². The van der Waals surface area contributed by atoms with Crippen LogP contribution in [0, 0.1) is 17.8 Å². The van der Waals surface area contributed by atoms with Crippen LogP contribution in [0.1, 0.15) is 13.3 Å².